The van der Waals surface area contributed by atoms with Gasteiger partial charge in [-0.15, -0.1) is 11.8 Å². The molecule has 4 rings (SSSR count). The van der Waals surface area contributed by atoms with Crippen molar-refractivity contribution < 1.29 is 19.1 Å². The maximum Gasteiger partial charge on any atom is 0.325 e. The second-order valence-corrected chi connectivity index (χ2v) is 12.2. The highest BCUT2D eigenvalue weighted by Crippen LogP contribution is 2.47. The third-order valence-electron chi connectivity index (χ3n) is 6.63. The number of carbonyl (C=O) groups excluding carboxylic acids is 2. The van der Waals surface area contributed by atoms with Gasteiger partial charge in [0.2, 0.25) is 0 Å². The zero-order valence-electron chi connectivity index (χ0n) is 21.3. The van der Waals surface area contributed by atoms with Crippen molar-refractivity contribution in [1.29, 1.82) is 0 Å². The first kappa shape index (κ1) is 26.7. The molecule has 2 aromatic rings. The molecule has 2 aliphatic rings. The SMILES string of the molecule is CC(C)(C)OC(=O)C(N)C1NC(C(=O)OCc2ccccc2)C2(CCN(Cc3ccccc3)CC2)S1. The molecule has 0 bridgehead atoms. The van der Waals surface area contributed by atoms with E-state index >= 15 is 0 Å². The molecule has 0 radical (unpaired) electrons. The summed E-state index contributed by atoms with van der Waals surface area (Å²) >= 11 is 1.60. The second-order valence-electron chi connectivity index (χ2n) is 10.6. The number of thioether (sulfide) groups is 1. The highest BCUT2D eigenvalue weighted by molar-refractivity contribution is 8.01. The maximum atomic E-state index is 13.4. The van der Waals surface area contributed by atoms with Crippen LogP contribution in [0, 0.1) is 0 Å². The number of nitrogens with zero attached hydrogens (tertiary/aromatic N) is 1. The van der Waals surface area contributed by atoms with Crippen LogP contribution in [0.5, 0.6) is 0 Å². The molecular weight excluding hydrogens is 474 g/mol. The van der Waals surface area contributed by atoms with Crippen LogP contribution in [0.3, 0.4) is 0 Å². The standard InChI is InChI=1S/C28H37N3O4S/c1-27(2,3)35-25(32)22(29)24-30-23(26(33)34-19-21-12-8-5-9-13-21)28(36-24)14-16-31(17-15-28)18-20-10-6-4-7-11-20/h4-13,22-24,30H,14-19,29H2,1-3H3. The summed E-state index contributed by atoms with van der Waals surface area (Å²) in [6.45, 7) is 8.24. The third-order valence-corrected chi connectivity index (χ3v) is 8.43. The lowest BCUT2D eigenvalue weighted by Gasteiger charge is -2.41. The van der Waals surface area contributed by atoms with Gasteiger partial charge >= 0.3 is 11.9 Å². The molecule has 7 nitrogen and oxygen atoms in total. The van der Waals surface area contributed by atoms with Crippen molar-refractivity contribution >= 4 is 23.7 Å². The van der Waals surface area contributed by atoms with Gasteiger partial charge in [0.15, 0.2) is 0 Å². The van der Waals surface area contributed by atoms with E-state index in [0.29, 0.717) is 0 Å². The van der Waals surface area contributed by atoms with Crippen molar-refractivity contribution in [3.63, 3.8) is 0 Å². The molecule has 2 aliphatic heterocycles. The minimum absolute atomic E-state index is 0.210. The van der Waals surface area contributed by atoms with E-state index in [4.69, 9.17) is 15.2 Å². The van der Waals surface area contributed by atoms with Gasteiger partial charge in [-0.25, -0.2) is 0 Å². The van der Waals surface area contributed by atoms with Crippen molar-refractivity contribution in [2.45, 2.75) is 74.6 Å². The molecule has 36 heavy (non-hydrogen) atoms. The van der Waals surface area contributed by atoms with E-state index in [-0.39, 0.29) is 12.6 Å². The van der Waals surface area contributed by atoms with Crippen LogP contribution in [-0.4, -0.2) is 57.7 Å². The van der Waals surface area contributed by atoms with E-state index in [2.05, 4.69) is 34.5 Å². The average Bonchev–Trinajstić information content (AvgIpc) is 3.23. The van der Waals surface area contributed by atoms with Crippen molar-refractivity contribution in [1.82, 2.24) is 10.2 Å². The fourth-order valence-corrected chi connectivity index (χ4v) is 6.46. The largest absolute Gasteiger partial charge is 0.460 e. The second kappa shape index (κ2) is 11.3. The number of likely N-dealkylation sites (tertiary alicyclic amines) is 1. The lowest BCUT2D eigenvalue weighted by molar-refractivity contribution is -0.157. The van der Waals surface area contributed by atoms with Gasteiger partial charge in [-0.05, 0) is 57.8 Å². The summed E-state index contributed by atoms with van der Waals surface area (Å²) in [5.41, 5.74) is 7.93. The van der Waals surface area contributed by atoms with Gasteiger partial charge in [0.05, 0.1) is 5.37 Å². The summed E-state index contributed by atoms with van der Waals surface area (Å²) in [5.74, 6) is -0.774. The van der Waals surface area contributed by atoms with Crippen LogP contribution in [0.2, 0.25) is 0 Å². The van der Waals surface area contributed by atoms with Crippen LogP contribution in [-0.2, 0) is 32.2 Å². The Labute approximate surface area is 218 Å². The lowest BCUT2D eigenvalue weighted by Crippen LogP contribution is -2.55. The number of rotatable bonds is 7. The van der Waals surface area contributed by atoms with Crippen LogP contribution in [0.1, 0.15) is 44.7 Å². The fraction of sp³-hybridized carbons (Fsp3) is 0.500. The first-order valence-corrected chi connectivity index (χ1v) is 13.4. The van der Waals surface area contributed by atoms with E-state index < -0.39 is 33.8 Å². The molecule has 0 saturated carbocycles. The first-order valence-electron chi connectivity index (χ1n) is 12.5. The van der Waals surface area contributed by atoms with Gasteiger partial charge < -0.3 is 15.2 Å². The molecule has 0 aromatic heterocycles. The summed E-state index contributed by atoms with van der Waals surface area (Å²) in [6, 6.07) is 18.6. The van der Waals surface area contributed by atoms with Crippen LogP contribution in [0.15, 0.2) is 60.7 Å². The number of hydrogen-bond donors (Lipinski definition) is 2. The van der Waals surface area contributed by atoms with Crippen molar-refractivity contribution in [3.05, 3.63) is 71.8 Å². The monoisotopic (exact) mass is 511 g/mol. The summed E-state index contributed by atoms with van der Waals surface area (Å²) in [4.78, 5) is 28.5. The normalized spacial score (nSPS) is 22.8. The highest BCUT2D eigenvalue weighted by atomic mass is 32.2. The van der Waals surface area contributed by atoms with Crippen LogP contribution >= 0.6 is 11.8 Å². The summed E-state index contributed by atoms with van der Waals surface area (Å²) in [7, 11) is 0. The van der Waals surface area contributed by atoms with Gasteiger partial charge in [0.1, 0.15) is 24.3 Å². The molecule has 1 spiro atoms. The Kier molecular flexibility index (Phi) is 8.40. The predicted octanol–water partition coefficient (Wildman–Crippen LogP) is 3.46. The fourth-order valence-electron chi connectivity index (χ4n) is 4.77. The van der Waals surface area contributed by atoms with E-state index in [1.165, 1.54) is 5.56 Å². The molecule has 194 valence electrons. The molecule has 2 heterocycles. The molecule has 0 amide bonds. The maximum absolute atomic E-state index is 13.4. The lowest BCUT2D eigenvalue weighted by atomic mass is 9.88. The molecule has 2 saturated heterocycles. The number of hydrogen-bond acceptors (Lipinski definition) is 8. The van der Waals surface area contributed by atoms with Crippen molar-refractivity contribution in [2.75, 3.05) is 13.1 Å². The smallest absolute Gasteiger partial charge is 0.325 e. The average molecular weight is 512 g/mol. The molecule has 2 aromatic carbocycles. The minimum atomic E-state index is -0.889. The highest BCUT2D eigenvalue weighted by Gasteiger charge is 2.55. The molecule has 3 N–H and O–H groups in total. The number of benzene rings is 2. The van der Waals surface area contributed by atoms with E-state index in [1.807, 2.05) is 57.2 Å². The molecular formula is C28H37N3O4S. The number of esters is 2. The quantitative estimate of drug-likeness (QED) is 0.546. The number of piperidine rings is 1. The predicted molar refractivity (Wildman–Crippen MR) is 142 cm³/mol. The summed E-state index contributed by atoms with van der Waals surface area (Å²) < 4.78 is 10.9. The van der Waals surface area contributed by atoms with E-state index in [9.17, 15) is 9.59 Å². The number of nitrogens with two attached hydrogens (primary N) is 1. The summed E-state index contributed by atoms with van der Waals surface area (Å²) in [6.07, 6.45) is 1.58. The van der Waals surface area contributed by atoms with Crippen LogP contribution < -0.4 is 11.1 Å². The third kappa shape index (κ3) is 6.68. The Morgan fingerprint density at radius 3 is 2.22 bits per heavy atom. The number of nitrogens with one attached hydrogen (secondary N) is 1. The summed E-state index contributed by atoms with van der Waals surface area (Å²) in [5, 5.41) is 2.93. The van der Waals surface area contributed by atoms with Gasteiger partial charge in [-0.1, -0.05) is 60.7 Å². The molecule has 8 heteroatoms. The van der Waals surface area contributed by atoms with Gasteiger partial charge in [0.25, 0.3) is 0 Å². The van der Waals surface area contributed by atoms with Crippen LogP contribution in [0.25, 0.3) is 0 Å². The molecule has 2 fully saturated rings. The molecule has 0 aliphatic carbocycles. The Bertz CT molecular complexity index is 1020. The molecule has 3 atom stereocenters. The van der Waals surface area contributed by atoms with Crippen molar-refractivity contribution in [2.24, 2.45) is 5.73 Å². The Balaban J connectivity index is 1.46. The van der Waals surface area contributed by atoms with Crippen LogP contribution in [0.4, 0.5) is 0 Å². The zero-order chi connectivity index (χ0) is 25.8. The Morgan fingerprint density at radius 1 is 1.06 bits per heavy atom. The topological polar surface area (TPSA) is 93.9 Å². The number of carbonyl (C=O) groups is 2. The molecule has 3 unspecified atom stereocenters. The number of ether oxygens (including phenoxy) is 2. The van der Waals surface area contributed by atoms with Gasteiger partial charge in [-0.2, -0.15) is 0 Å². The minimum Gasteiger partial charge on any atom is -0.460 e. The zero-order valence-corrected chi connectivity index (χ0v) is 22.1. The van der Waals surface area contributed by atoms with Gasteiger partial charge in [-0.3, -0.25) is 19.8 Å². The van der Waals surface area contributed by atoms with Crippen molar-refractivity contribution in [3.8, 4) is 0 Å². The first-order chi connectivity index (χ1) is 17.2. The van der Waals surface area contributed by atoms with E-state index in [1.54, 1.807) is 11.8 Å². The Hall–Kier alpha value is -2.39. The van der Waals surface area contributed by atoms with E-state index in [0.717, 1.165) is 38.0 Å². The van der Waals surface area contributed by atoms with Gasteiger partial charge in [0, 0.05) is 11.3 Å². The Morgan fingerprint density at radius 2 is 1.64 bits per heavy atom.